The van der Waals surface area contributed by atoms with Gasteiger partial charge in [0.25, 0.3) is 0 Å². The lowest BCUT2D eigenvalue weighted by atomic mass is 10.2. The molecule has 2 N–H and O–H groups in total. The molecular weight excluding hydrogens is 112 g/mol. The predicted octanol–water partition coefficient (Wildman–Crippen LogP) is 1.11. The van der Waals surface area contributed by atoms with Crippen molar-refractivity contribution in [2.75, 3.05) is 7.05 Å². The van der Waals surface area contributed by atoms with Crippen LogP contribution in [0, 0.1) is 0 Å². The smallest absolute Gasteiger partial charge is 0.0298 e. The fraction of sp³-hybridized carbons (Fsp3) is 0.286. The Bertz CT molecular complexity index is 150. The summed E-state index contributed by atoms with van der Waals surface area (Å²) in [5, 5.41) is 0. The van der Waals surface area contributed by atoms with Gasteiger partial charge in [-0.05, 0) is 6.92 Å². The summed E-state index contributed by atoms with van der Waals surface area (Å²) in [5.74, 6) is 0. The second-order valence-corrected chi connectivity index (χ2v) is 1.73. The standard InChI is InChI=1S/C7H12N2/c1-4-7(5-9-3)6(2)8/h4-5H,1,8H2,2-3H3. The van der Waals surface area contributed by atoms with Crippen LogP contribution in [0.4, 0.5) is 0 Å². The summed E-state index contributed by atoms with van der Waals surface area (Å²) >= 11 is 0. The van der Waals surface area contributed by atoms with Crippen molar-refractivity contribution in [1.29, 1.82) is 0 Å². The number of hydrogen-bond acceptors (Lipinski definition) is 2. The first kappa shape index (κ1) is 7.95. The van der Waals surface area contributed by atoms with Gasteiger partial charge in [-0.25, -0.2) is 0 Å². The van der Waals surface area contributed by atoms with E-state index >= 15 is 0 Å². The zero-order valence-electron chi connectivity index (χ0n) is 5.89. The van der Waals surface area contributed by atoms with Gasteiger partial charge in [0.2, 0.25) is 0 Å². The fourth-order valence-electron chi connectivity index (χ4n) is 0.455. The van der Waals surface area contributed by atoms with E-state index in [0.717, 1.165) is 11.3 Å². The molecule has 0 saturated carbocycles. The normalized spacial score (nSPS) is 13.6. The van der Waals surface area contributed by atoms with Gasteiger partial charge in [-0.15, -0.1) is 0 Å². The van der Waals surface area contributed by atoms with Gasteiger partial charge in [0, 0.05) is 24.5 Å². The second-order valence-electron chi connectivity index (χ2n) is 1.73. The molecule has 9 heavy (non-hydrogen) atoms. The van der Waals surface area contributed by atoms with Crippen LogP contribution in [0.2, 0.25) is 0 Å². The van der Waals surface area contributed by atoms with Crippen molar-refractivity contribution in [3.05, 3.63) is 23.9 Å². The molecule has 0 fully saturated rings. The highest BCUT2D eigenvalue weighted by atomic mass is 14.6. The van der Waals surface area contributed by atoms with Crippen LogP contribution in [-0.4, -0.2) is 13.3 Å². The maximum absolute atomic E-state index is 5.45. The fourth-order valence-corrected chi connectivity index (χ4v) is 0.455. The lowest BCUT2D eigenvalue weighted by Gasteiger charge is -1.93. The van der Waals surface area contributed by atoms with Gasteiger partial charge in [0.1, 0.15) is 0 Å². The molecule has 0 unspecified atom stereocenters. The van der Waals surface area contributed by atoms with E-state index in [-0.39, 0.29) is 0 Å². The molecule has 0 rings (SSSR count). The zero-order valence-corrected chi connectivity index (χ0v) is 5.89. The molecule has 0 bridgehead atoms. The highest BCUT2D eigenvalue weighted by molar-refractivity contribution is 5.82. The van der Waals surface area contributed by atoms with E-state index in [9.17, 15) is 0 Å². The van der Waals surface area contributed by atoms with Crippen LogP contribution >= 0.6 is 0 Å². The Kier molecular flexibility index (Phi) is 3.44. The number of nitrogens with two attached hydrogens (primary N) is 1. The van der Waals surface area contributed by atoms with Crippen molar-refractivity contribution in [3.8, 4) is 0 Å². The molecular formula is C7H12N2. The van der Waals surface area contributed by atoms with Gasteiger partial charge in [-0.3, -0.25) is 4.99 Å². The Balaban J connectivity index is 4.34. The van der Waals surface area contributed by atoms with Crippen LogP contribution in [0.1, 0.15) is 6.92 Å². The van der Waals surface area contributed by atoms with E-state index in [1.165, 1.54) is 0 Å². The third-order valence-electron chi connectivity index (χ3n) is 0.943. The number of nitrogens with zero attached hydrogens (tertiary/aromatic N) is 1. The van der Waals surface area contributed by atoms with Crippen LogP contribution < -0.4 is 5.73 Å². The summed E-state index contributed by atoms with van der Waals surface area (Å²) < 4.78 is 0. The molecule has 2 heteroatoms. The van der Waals surface area contributed by atoms with Crippen LogP contribution in [0.3, 0.4) is 0 Å². The molecule has 0 aromatic rings. The van der Waals surface area contributed by atoms with Gasteiger partial charge in [0.05, 0.1) is 0 Å². The van der Waals surface area contributed by atoms with Crippen molar-refractivity contribution >= 4 is 6.21 Å². The van der Waals surface area contributed by atoms with Crippen LogP contribution in [-0.2, 0) is 0 Å². The SMILES string of the molecule is C=CC(C=NC)=C(C)N. The van der Waals surface area contributed by atoms with E-state index in [0.29, 0.717) is 0 Å². The largest absolute Gasteiger partial charge is 0.402 e. The number of allylic oxidation sites excluding steroid dienone is 3. The van der Waals surface area contributed by atoms with E-state index in [2.05, 4.69) is 11.6 Å². The van der Waals surface area contributed by atoms with Crippen LogP contribution in [0.15, 0.2) is 28.9 Å². The van der Waals surface area contributed by atoms with Crippen molar-refractivity contribution in [2.45, 2.75) is 6.92 Å². The first-order chi connectivity index (χ1) is 4.22. The average Bonchev–Trinajstić information content (AvgIpc) is 1.82. The Morgan fingerprint density at radius 1 is 1.67 bits per heavy atom. The van der Waals surface area contributed by atoms with E-state index < -0.39 is 0 Å². The Hall–Kier alpha value is -1.05. The first-order valence-electron chi connectivity index (χ1n) is 2.73. The summed E-state index contributed by atoms with van der Waals surface area (Å²) in [5.41, 5.74) is 7.08. The van der Waals surface area contributed by atoms with Gasteiger partial charge in [-0.1, -0.05) is 12.7 Å². The van der Waals surface area contributed by atoms with Crippen LogP contribution in [0.25, 0.3) is 0 Å². The summed E-state index contributed by atoms with van der Waals surface area (Å²) in [6.45, 7) is 5.39. The highest BCUT2D eigenvalue weighted by Crippen LogP contribution is 1.94. The minimum absolute atomic E-state index is 0.746. The maximum Gasteiger partial charge on any atom is 0.0298 e. The molecule has 0 radical (unpaired) electrons. The molecule has 2 nitrogen and oxygen atoms in total. The molecule has 0 aliphatic carbocycles. The predicted molar refractivity (Wildman–Crippen MR) is 41.5 cm³/mol. The molecule has 0 atom stereocenters. The van der Waals surface area contributed by atoms with E-state index in [4.69, 9.17) is 5.73 Å². The molecule has 0 aromatic heterocycles. The lowest BCUT2D eigenvalue weighted by Crippen LogP contribution is -1.96. The topological polar surface area (TPSA) is 38.4 Å². The van der Waals surface area contributed by atoms with Crippen molar-refractivity contribution in [1.82, 2.24) is 0 Å². The van der Waals surface area contributed by atoms with Crippen molar-refractivity contribution in [3.63, 3.8) is 0 Å². The molecule has 0 aromatic carbocycles. The molecule has 0 aliphatic heterocycles. The summed E-state index contributed by atoms with van der Waals surface area (Å²) in [6.07, 6.45) is 3.37. The van der Waals surface area contributed by atoms with Gasteiger partial charge in [0.15, 0.2) is 0 Å². The lowest BCUT2D eigenvalue weighted by molar-refractivity contribution is 1.29. The van der Waals surface area contributed by atoms with Gasteiger partial charge >= 0.3 is 0 Å². The summed E-state index contributed by atoms with van der Waals surface area (Å²) in [6, 6.07) is 0. The quantitative estimate of drug-likeness (QED) is 0.434. The molecule has 0 heterocycles. The third kappa shape index (κ3) is 2.69. The maximum atomic E-state index is 5.45. The Morgan fingerprint density at radius 2 is 2.22 bits per heavy atom. The summed E-state index contributed by atoms with van der Waals surface area (Å²) in [4.78, 5) is 3.79. The number of hydrogen-bond donors (Lipinski definition) is 1. The highest BCUT2D eigenvalue weighted by Gasteiger charge is 1.86. The van der Waals surface area contributed by atoms with E-state index in [1.54, 1.807) is 19.3 Å². The molecule has 0 amide bonds. The van der Waals surface area contributed by atoms with E-state index in [1.807, 2.05) is 6.92 Å². The zero-order chi connectivity index (χ0) is 7.28. The molecule has 0 saturated heterocycles. The average molecular weight is 124 g/mol. The van der Waals surface area contributed by atoms with Gasteiger partial charge < -0.3 is 5.73 Å². The second kappa shape index (κ2) is 3.89. The summed E-state index contributed by atoms with van der Waals surface area (Å²) in [7, 11) is 1.70. The molecule has 0 aliphatic rings. The minimum Gasteiger partial charge on any atom is -0.402 e. The van der Waals surface area contributed by atoms with Crippen LogP contribution in [0.5, 0.6) is 0 Å². The Morgan fingerprint density at radius 3 is 2.33 bits per heavy atom. The van der Waals surface area contributed by atoms with Crippen molar-refractivity contribution in [2.24, 2.45) is 10.7 Å². The molecule has 0 spiro atoms. The van der Waals surface area contributed by atoms with Crippen molar-refractivity contribution < 1.29 is 0 Å². The molecule has 50 valence electrons. The van der Waals surface area contributed by atoms with Gasteiger partial charge in [-0.2, -0.15) is 0 Å². The Labute approximate surface area is 55.8 Å². The minimum atomic E-state index is 0.746. The third-order valence-corrected chi connectivity index (χ3v) is 0.943. The monoisotopic (exact) mass is 124 g/mol. The first-order valence-corrected chi connectivity index (χ1v) is 2.73. The number of rotatable bonds is 2. The number of aliphatic imine (C=N–C) groups is 1.